The third-order valence-electron chi connectivity index (χ3n) is 7.18. The number of aryl methyl sites for hydroxylation is 1. The molecule has 2 heterocycles. The van der Waals surface area contributed by atoms with Gasteiger partial charge >= 0.3 is 5.97 Å². The zero-order valence-electron chi connectivity index (χ0n) is 24.4. The largest absolute Gasteiger partial charge is 0.462 e. The lowest BCUT2D eigenvalue weighted by atomic mass is 10.2. The van der Waals surface area contributed by atoms with Crippen molar-refractivity contribution in [2.45, 2.75) is 38.5 Å². The molecule has 0 bridgehead atoms. The van der Waals surface area contributed by atoms with Gasteiger partial charge in [0.25, 0.3) is 17.4 Å². The maximum absolute atomic E-state index is 13.9. The number of benzene rings is 3. The number of anilines is 2. The van der Waals surface area contributed by atoms with Crippen molar-refractivity contribution in [1.82, 2.24) is 9.36 Å². The molecule has 1 aliphatic heterocycles. The number of aromatic nitrogens is 2. The molecule has 2 amide bonds. The number of para-hydroxylation sites is 1. The van der Waals surface area contributed by atoms with Gasteiger partial charge < -0.3 is 10.1 Å². The summed E-state index contributed by atoms with van der Waals surface area (Å²) < 4.78 is 8.48. The summed E-state index contributed by atoms with van der Waals surface area (Å²) in [5.41, 5.74) is 2.76. The van der Waals surface area contributed by atoms with E-state index in [2.05, 4.69) is 5.32 Å². The lowest BCUT2D eigenvalue weighted by Gasteiger charge is -2.15. The van der Waals surface area contributed by atoms with Crippen LogP contribution in [0.1, 0.15) is 41.4 Å². The number of hydrogen-bond acceptors (Lipinski definition) is 7. The van der Waals surface area contributed by atoms with Gasteiger partial charge in [-0.3, -0.25) is 19.1 Å². The third-order valence-corrected chi connectivity index (χ3v) is 8.27. The van der Waals surface area contributed by atoms with Crippen molar-refractivity contribution in [2.24, 2.45) is 7.05 Å². The Balaban J connectivity index is 1.51. The minimum absolute atomic E-state index is 0.00429. The average molecular weight is 597 g/mol. The van der Waals surface area contributed by atoms with Crippen molar-refractivity contribution in [2.75, 3.05) is 16.8 Å². The Morgan fingerprint density at radius 3 is 2.19 bits per heavy atom. The van der Waals surface area contributed by atoms with Gasteiger partial charge in [-0.15, -0.1) is 0 Å². The Labute approximate surface area is 253 Å². The van der Waals surface area contributed by atoms with E-state index in [-0.39, 0.29) is 21.8 Å². The first-order valence-electron chi connectivity index (χ1n) is 14.0. The molecule has 4 aromatic rings. The van der Waals surface area contributed by atoms with Crippen LogP contribution < -0.4 is 15.8 Å². The minimum Gasteiger partial charge on any atom is -0.462 e. The van der Waals surface area contributed by atoms with Crippen LogP contribution in [0, 0.1) is 13.8 Å². The summed E-state index contributed by atoms with van der Waals surface area (Å²) in [6, 6.07) is 22.9. The number of nitrogens with zero attached hydrogens (tertiary/aromatic N) is 3. The number of thioether (sulfide) groups is 1. The highest BCUT2D eigenvalue weighted by molar-refractivity contribution is 8.04. The average Bonchev–Trinajstić information content (AvgIpc) is 3.37. The number of imide groups is 1. The summed E-state index contributed by atoms with van der Waals surface area (Å²) in [5.74, 6) is -1.61. The summed E-state index contributed by atoms with van der Waals surface area (Å²) in [4.78, 5) is 55.8. The van der Waals surface area contributed by atoms with E-state index in [4.69, 9.17) is 4.74 Å². The van der Waals surface area contributed by atoms with Crippen molar-refractivity contribution in [3.8, 4) is 5.69 Å². The van der Waals surface area contributed by atoms with E-state index in [1.165, 1.54) is 16.8 Å². The van der Waals surface area contributed by atoms with E-state index in [1.54, 1.807) is 30.8 Å². The Hall–Kier alpha value is -4.83. The summed E-state index contributed by atoms with van der Waals surface area (Å²) in [6.45, 7) is 6.07. The molecular weight excluding hydrogens is 564 g/mol. The first-order chi connectivity index (χ1) is 20.7. The van der Waals surface area contributed by atoms with Gasteiger partial charge in [0.05, 0.1) is 29.2 Å². The van der Waals surface area contributed by atoms with Crippen LogP contribution in [-0.2, 0) is 21.4 Å². The molecule has 1 N–H and O–H groups in total. The van der Waals surface area contributed by atoms with E-state index in [0.29, 0.717) is 29.2 Å². The van der Waals surface area contributed by atoms with Crippen LogP contribution in [0.5, 0.6) is 0 Å². The molecule has 43 heavy (non-hydrogen) atoms. The number of amides is 2. The van der Waals surface area contributed by atoms with E-state index < -0.39 is 17.8 Å². The van der Waals surface area contributed by atoms with Crippen LogP contribution in [-0.4, -0.2) is 33.8 Å². The monoisotopic (exact) mass is 596 g/mol. The Bertz CT molecular complexity index is 1770. The Kier molecular flexibility index (Phi) is 8.68. The smallest absolute Gasteiger partial charge is 0.338 e. The molecule has 220 valence electrons. The number of carbonyl (C=O) groups is 3. The minimum atomic E-state index is -0.605. The van der Waals surface area contributed by atoms with Crippen molar-refractivity contribution >= 4 is 40.9 Å². The van der Waals surface area contributed by atoms with Gasteiger partial charge in [-0.25, -0.2) is 14.4 Å². The molecule has 1 aliphatic rings. The predicted octanol–water partition coefficient (Wildman–Crippen LogP) is 5.74. The fraction of sp³-hybridized carbons (Fsp3) is 0.212. The van der Waals surface area contributed by atoms with Crippen LogP contribution in [0.25, 0.3) is 5.69 Å². The van der Waals surface area contributed by atoms with E-state index in [1.807, 2.05) is 68.4 Å². The van der Waals surface area contributed by atoms with Crippen LogP contribution in [0.15, 0.2) is 99.2 Å². The standard InChI is InChI=1S/C33H32N4O5S/c1-5-6-20-42-33(41)23-14-16-24(17-15-23)36-30(38)28(29(32(36)40)43-26-18-12-21(2)13-19-26)34-27-22(3)35(4)37(31(27)39)25-10-8-7-9-11-25/h7-19,34H,5-6,20H2,1-4H3. The molecule has 0 spiro atoms. The van der Waals surface area contributed by atoms with Crippen molar-refractivity contribution in [3.63, 3.8) is 0 Å². The third kappa shape index (κ3) is 5.91. The quantitative estimate of drug-likeness (QED) is 0.142. The summed E-state index contributed by atoms with van der Waals surface area (Å²) in [5, 5.41) is 3.05. The number of rotatable bonds is 10. The van der Waals surface area contributed by atoms with Crippen LogP contribution in [0.2, 0.25) is 0 Å². The van der Waals surface area contributed by atoms with E-state index >= 15 is 0 Å². The topological polar surface area (TPSA) is 103 Å². The highest BCUT2D eigenvalue weighted by atomic mass is 32.2. The van der Waals surface area contributed by atoms with E-state index in [9.17, 15) is 19.2 Å². The molecule has 9 nitrogen and oxygen atoms in total. The molecule has 0 unspecified atom stereocenters. The zero-order chi connectivity index (χ0) is 30.7. The number of nitrogens with one attached hydrogen (secondary N) is 1. The number of hydrogen-bond donors (Lipinski definition) is 1. The number of unbranched alkanes of at least 4 members (excludes halogenated alkanes) is 1. The lowest BCUT2D eigenvalue weighted by molar-refractivity contribution is -0.120. The fourth-order valence-electron chi connectivity index (χ4n) is 4.65. The van der Waals surface area contributed by atoms with Gasteiger partial charge in [-0.1, -0.05) is 61.0 Å². The second-order valence-electron chi connectivity index (χ2n) is 10.2. The predicted molar refractivity (Wildman–Crippen MR) is 168 cm³/mol. The number of esters is 1. The van der Waals surface area contributed by atoms with Gasteiger partial charge in [-0.05, 0) is 68.8 Å². The normalized spacial score (nSPS) is 13.2. The Morgan fingerprint density at radius 2 is 1.53 bits per heavy atom. The van der Waals surface area contributed by atoms with Gasteiger partial charge in [0.2, 0.25) is 0 Å². The van der Waals surface area contributed by atoms with Gasteiger partial charge in [0.15, 0.2) is 0 Å². The van der Waals surface area contributed by atoms with Crippen molar-refractivity contribution in [1.29, 1.82) is 0 Å². The molecule has 1 aromatic heterocycles. The SMILES string of the molecule is CCCCOC(=O)c1ccc(N2C(=O)C(Nc3c(C)n(C)n(-c4ccccc4)c3=O)=C(Sc3ccc(C)cc3)C2=O)cc1. The highest BCUT2D eigenvalue weighted by Crippen LogP contribution is 2.38. The molecule has 0 saturated carbocycles. The summed E-state index contributed by atoms with van der Waals surface area (Å²) >= 11 is 1.15. The molecular formula is C33H32N4O5S. The Morgan fingerprint density at radius 1 is 0.860 bits per heavy atom. The summed E-state index contributed by atoms with van der Waals surface area (Å²) in [6.07, 6.45) is 1.67. The fourth-order valence-corrected chi connectivity index (χ4v) is 5.58. The highest BCUT2D eigenvalue weighted by Gasteiger charge is 2.41. The number of ether oxygens (including phenoxy) is 1. The number of carbonyl (C=O) groups excluding carboxylic acids is 3. The lowest BCUT2D eigenvalue weighted by Crippen LogP contribution is -2.32. The first-order valence-corrected chi connectivity index (χ1v) is 14.8. The molecule has 5 rings (SSSR count). The molecule has 3 aromatic carbocycles. The van der Waals surface area contributed by atoms with Gasteiger partial charge in [0.1, 0.15) is 16.3 Å². The maximum atomic E-state index is 13.9. The van der Waals surface area contributed by atoms with Crippen molar-refractivity contribution < 1.29 is 19.1 Å². The molecule has 0 fully saturated rings. The maximum Gasteiger partial charge on any atom is 0.338 e. The molecule has 0 radical (unpaired) electrons. The second kappa shape index (κ2) is 12.6. The van der Waals surface area contributed by atoms with E-state index in [0.717, 1.165) is 40.0 Å². The van der Waals surface area contributed by atoms with Gasteiger partial charge in [0, 0.05) is 11.9 Å². The molecule has 0 aliphatic carbocycles. The summed E-state index contributed by atoms with van der Waals surface area (Å²) in [7, 11) is 1.76. The molecule has 10 heteroatoms. The molecule has 0 saturated heterocycles. The van der Waals surface area contributed by atoms with Crippen LogP contribution in [0.3, 0.4) is 0 Å². The molecule has 0 atom stereocenters. The van der Waals surface area contributed by atoms with Crippen LogP contribution >= 0.6 is 11.8 Å². The zero-order valence-corrected chi connectivity index (χ0v) is 25.2. The second-order valence-corrected chi connectivity index (χ2v) is 11.2. The first kappa shape index (κ1) is 29.7. The van der Waals surface area contributed by atoms with Crippen molar-refractivity contribution in [3.05, 3.63) is 117 Å². The van der Waals surface area contributed by atoms with Crippen LogP contribution in [0.4, 0.5) is 11.4 Å². The van der Waals surface area contributed by atoms with Gasteiger partial charge in [-0.2, -0.15) is 0 Å².